The molecule has 0 radical (unpaired) electrons. The van der Waals surface area contributed by atoms with Crippen molar-refractivity contribution < 1.29 is 9.53 Å². The highest BCUT2D eigenvalue weighted by molar-refractivity contribution is 7.81. The number of rotatable bonds is 2. The molecule has 1 amide bonds. The van der Waals surface area contributed by atoms with E-state index in [-0.39, 0.29) is 16.9 Å². The van der Waals surface area contributed by atoms with Crippen molar-refractivity contribution in [2.75, 3.05) is 6.54 Å². The largest absolute Gasteiger partial charge is 0.445 e. The lowest BCUT2D eigenvalue weighted by molar-refractivity contribution is 0.0753. The molecule has 98 valence electrons. The molecule has 1 atom stereocenters. The number of ether oxygens (including phenoxy) is 1. The molecular formula is C14H19NO2S. The number of hydrogen-bond donors (Lipinski definition) is 1. The van der Waals surface area contributed by atoms with E-state index in [1.807, 2.05) is 44.2 Å². The molecule has 1 fully saturated rings. The highest BCUT2D eigenvalue weighted by atomic mass is 32.1. The Labute approximate surface area is 114 Å². The first-order valence-electron chi connectivity index (χ1n) is 6.15. The third-order valence-electron chi connectivity index (χ3n) is 3.28. The Balaban J connectivity index is 1.93. The second kappa shape index (κ2) is 5.22. The Morgan fingerprint density at radius 3 is 2.67 bits per heavy atom. The maximum absolute atomic E-state index is 12.0. The van der Waals surface area contributed by atoms with Crippen LogP contribution in [0.25, 0.3) is 0 Å². The lowest BCUT2D eigenvalue weighted by Crippen LogP contribution is -2.42. The van der Waals surface area contributed by atoms with Gasteiger partial charge in [0, 0.05) is 17.3 Å². The molecule has 0 aromatic heterocycles. The lowest BCUT2D eigenvalue weighted by atomic mass is 10.0. The van der Waals surface area contributed by atoms with Gasteiger partial charge in [-0.2, -0.15) is 12.6 Å². The third kappa shape index (κ3) is 2.99. The Bertz CT molecular complexity index is 419. The van der Waals surface area contributed by atoms with Gasteiger partial charge in [0.15, 0.2) is 0 Å². The smallest absolute Gasteiger partial charge is 0.410 e. The van der Waals surface area contributed by atoms with Crippen molar-refractivity contribution in [1.29, 1.82) is 0 Å². The maximum Gasteiger partial charge on any atom is 0.410 e. The van der Waals surface area contributed by atoms with Crippen LogP contribution in [0.5, 0.6) is 0 Å². The molecule has 0 aliphatic carbocycles. The van der Waals surface area contributed by atoms with Crippen LogP contribution < -0.4 is 0 Å². The number of carbonyl (C=O) groups is 1. The van der Waals surface area contributed by atoms with Crippen LogP contribution >= 0.6 is 12.6 Å². The van der Waals surface area contributed by atoms with Crippen LogP contribution in [-0.4, -0.2) is 28.3 Å². The van der Waals surface area contributed by atoms with Crippen molar-refractivity contribution in [2.45, 2.75) is 37.7 Å². The fraction of sp³-hybridized carbons (Fsp3) is 0.500. The predicted octanol–water partition coefficient (Wildman–Crippen LogP) is 3.11. The van der Waals surface area contributed by atoms with E-state index in [2.05, 4.69) is 12.6 Å². The first kappa shape index (κ1) is 13.3. The van der Waals surface area contributed by atoms with Crippen molar-refractivity contribution in [3.8, 4) is 0 Å². The van der Waals surface area contributed by atoms with Gasteiger partial charge in [-0.25, -0.2) is 4.79 Å². The van der Waals surface area contributed by atoms with Crippen molar-refractivity contribution >= 4 is 18.7 Å². The van der Waals surface area contributed by atoms with Crippen molar-refractivity contribution in [3.05, 3.63) is 35.9 Å². The SMILES string of the molecule is CC1(C)CC(S)CN1C(=O)OCc1ccccc1. The summed E-state index contributed by atoms with van der Waals surface area (Å²) < 4.78 is 5.35. The monoisotopic (exact) mass is 265 g/mol. The maximum atomic E-state index is 12.0. The zero-order chi connectivity index (χ0) is 13.2. The Hall–Kier alpha value is -1.16. The molecule has 18 heavy (non-hydrogen) atoms. The molecule has 4 heteroatoms. The average molecular weight is 265 g/mol. The van der Waals surface area contributed by atoms with Crippen LogP contribution in [0.1, 0.15) is 25.8 Å². The minimum atomic E-state index is -0.250. The molecule has 0 bridgehead atoms. The second-order valence-corrected chi connectivity index (χ2v) is 6.05. The van der Waals surface area contributed by atoms with Crippen LogP contribution in [0.4, 0.5) is 4.79 Å². The molecule has 1 aromatic rings. The van der Waals surface area contributed by atoms with E-state index in [9.17, 15) is 4.79 Å². The molecule has 2 rings (SSSR count). The number of thiol groups is 1. The second-order valence-electron chi connectivity index (χ2n) is 5.32. The molecule has 1 aliphatic heterocycles. The molecule has 1 heterocycles. The van der Waals surface area contributed by atoms with Crippen LogP contribution in [-0.2, 0) is 11.3 Å². The Kier molecular flexibility index (Phi) is 3.85. The van der Waals surface area contributed by atoms with E-state index < -0.39 is 0 Å². The van der Waals surface area contributed by atoms with Gasteiger partial charge in [-0.05, 0) is 25.8 Å². The molecule has 0 saturated carbocycles. The molecular weight excluding hydrogens is 246 g/mol. The van der Waals surface area contributed by atoms with E-state index in [4.69, 9.17) is 4.74 Å². The van der Waals surface area contributed by atoms with Gasteiger partial charge in [-0.3, -0.25) is 0 Å². The predicted molar refractivity (Wildman–Crippen MR) is 74.8 cm³/mol. The average Bonchev–Trinajstić information content (AvgIpc) is 2.61. The Morgan fingerprint density at radius 1 is 1.44 bits per heavy atom. The third-order valence-corrected chi connectivity index (χ3v) is 3.63. The summed E-state index contributed by atoms with van der Waals surface area (Å²) in [5, 5.41) is 0.240. The van der Waals surface area contributed by atoms with Crippen LogP contribution in [0.3, 0.4) is 0 Å². The number of likely N-dealkylation sites (tertiary alicyclic amines) is 1. The Morgan fingerprint density at radius 2 is 2.11 bits per heavy atom. The first-order chi connectivity index (χ1) is 8.49. The van der Waals surface area contributed by atoms with Gasteiger partial charge in [0.05, 0.1) is 0 Å². The van der Waals surface area contributed by atoms with E-state index in [1.54, 1.807) is 4.90 Å². The molecule has 1 aromatic carbocycles. The highest BCUT2D eigenvalue weighted by Crippen LogP contribution is 2.31. The summed E-state index contributed by atoms with van der Waals surface area (Å²) in [6.07, 6.45) is 0.650. The summed E-state index contributed by atoms with van der Waals surface area (Å²) >= 11 is 4.45. The van der Waals surface area contributed by atoms with E-state index in [1.165, 1.54) is 0 Å². The summed E-state index contributed by atoms with van der Waals surface area (Å²) in [7, 11) is 0. The molecule has 1 aliphatic rings. The van der Waals surface area contributed by atoms with Gasteiger partial charge in [-0.1, -0.05) is 30.3 Å². The van der Waals surface area contributed by atoms with Crippen molar-refractivity contribution in [3.63, 3.8) is 0 Å². The minimum Gasteiger partial charge on any atom is -0.445 e. The fourth-order valence-corrected chi connectivity index (χ4v) is 2.94. The summed E-state index contributed by atoms with van der Waals surface area (Å²) in [5.74, 6) is 0. The van der Waals surface area contributed by atoms with E-state index in [0.717, 1.165) is 12.0 Å². The quantitative estimate of drug-likeness (QED) is 0.833. The summed E-state index contributed by atoms with van der Waals surface area (Å²) in [6, 6.07) is 9.72. The van der Waals surface area contributed by atoms with Crippen LogP contribution in [0.15, 0.2) is 30.3 Å². The van der Waals surface area contributed by atoms with Crippen LogP contribution in [0.2, 0.25) is 0 Å². The minimum absolute atomic E-state index is 0.166. The fourth-order valence-electron chi connectivity index (χ4n) is 2.33. The van der Waals surface area contributed by atoms with Crippen LogP contribution in [0, 0.1) is 0 Å². The highest BCUT2D eigenvalue weighted by Gasteiger charge is 2.40. The van der Waals surface area contributed by atoms with Crippen molar-refractivity contribution in [1.82, 2.24) is 4.90 Å². The number of benzene rings is 1. The van der Waals surface area contributed by atoms with Gasteiger partial charge in [0.2, 0.25) is 0 Å². The molecule has 0 spiro atoms. The number of nitrogens with zero attached hydrogens (tertiary/aromatic N) is 1. The molecule has 1 saturated heterocycles. The zero-order valence-electron chi connectivity index (χ0n) is 10.8. The van der Waals surface area contributed by atoms with Gasteiger partial charge in [-0.15, -0.1) is 0 Å². The normalized spacial score (nSPS) is 21.9. The lowest BCUT2D eigenvalue weighted by Gasteiger charge is -2.30. The molecule has 1 unspecified atom stereocenters. The van der Waals surface area contributed by atoms with Gasteiger partial charge in [0.1, 0.15) is 6.61 Å². The first-order valence-corrected chi connectivity index (χ1v) is 6.67. The van der Waals surface area contributed by atoms with E-state index >= 15 is 0 Å². The zero-order valence-corrected chi connectivity index (χ0v) is 11.7. The number of carbonyl (C=O) groups excluding carboxylic acids is 1. The van der Waals surface area contributed by atoms with Gasteiger partial charge >= 0.3 is 6.09 Å². The number of amides is 1. The standard InChI is InChI=1S/C14H19NO2S/c1-14(2)8-12(18)9-15(14)13(16)17-10-11-6-4-3-5-7-11/h3-7,12,18H,8-10H2,1-2H3. The van der Waals surface area contributed by atoms with Gasteiger partial charge < -0.3 is 9.64 Å². The van der Waals surface area contributed by atoms with Crippen molar-refractivity contribution in [2.24, 2.45) is 0 Å². The summed E-state index contributed by atoms with van der Waals surface area (Å²) in [5.41, 5.74) is 0.838. The van der Waals surface area contributed by atoms with Gasteiger partial charge in [0.25, 0.3) is 0 Å². The number of hydrogen-bond acceptors (Lipinski definition) is 3. The molecule has 3 nitrogen and oxygen atoms in total. The summed E-state index contributed by atoms with van der Waals surface area (Å²) in [4.78, 5) is 13.8. The topological polar surface area (TPSA) is 29.5 Å². The molecule has 0 N–H and O–H groups in total. The summed E-state index contributed by atoms with van der Waals surface area (Å²) in [6.45, 7) is 5.08. The van der Waals surface area contributed by atoms with E-state index in [0.29, 0.717) is 13.2 Å².